The van der Waals surface area contributed by atoms with Crippen LogP contribution >= 0.6 is 0 Å². The maximum Gasteiger partial charge on any atom is 0.262 e. The Morgan fingerprint density at radius 2 is 1.83 bits per heavy atom. The Kier molecular flexibility index (Phi) is 7.93. The summed E-state index contributed by atoms with van der Waals surface area (Å²) < 4.78 is 44.1. The Hall–Kier alpha value is -3.80. The molecule has 0 saturated carbocycles. The molecule has 3 aromatic carbocycles. The second-order valence-corrected chi connectivity index (χ2v) is 9.60. The first-order valence-electron chi connectivity index (χ1n) is 11.2. The predicted octanol–water partition coefficient (Wildman–Crippen LogP) is 3.08. The zero-order chi connectivity index (χ0) is 25.5. The molecule has 0 radical (unpaired) electrons. The van der Waals surface area contributed by atoms with E-state index in [0.29, 0.717) is 41.8 Å². The van der Waals surface area contributed by atoms with E-state index in [9.17, 15) is 13.5 Å². The molecule has 11 heteroatoms. The molecular formula is C25H28N4O6S. The Morgan fingerprint density at radius 3 is 2.64 bits per heavy atom. The van der Waals surface area contributed by atoms with Crippen molar-refractivity contribution in [3.63, 3.8) is 0 Å². The molecule has 4 N–H and O–H groups in total. The molecule has 190 valence electrons. The van der Waals surface area contributed by atoms with Crippen LogP contribution in [0.15, 0.2) is 71.6 Å². The lowest BCUT2D eigenvalue weighted by molar-refractivity contribution is 0.172. The van der Waals surface area contributed by atoms with Crippen molar-refractivity contribution in [3.8, 4) is 17.4 Å². The summed E-state index contributed by atoms with van der Waals surface area (Å²) in [5.41, 5.74) is 1.74. The third-order valence-electron chi connectivity index (χ3n) is 5.45. The number of nitrogens with one attached hydrogen (secondary N) is 3. The Balaban J connectivity index is 1.27. The van der Waals surface area contributed by atoms with Crippen molar-refractivity contribution >= 4 is 26.6 Å². The maximum atomic E-state index is 12.7. The molecule has 0 spiro atoms. The number of aromatic amines is 1. The molecule has 0 saturated heterocycles. The monoisotopic (exact) mass is 512 g/mol. The van der Waals surface area contributed by atoms with E-state index < -0.39 is 16.1 Å². The minimum atomic E-state index is -3.81. The predicted molar refractivity (Wildman–Crippen MR) is 136 cm³/mol. The Morgan fingerprint density at radius 1 is 1.00 bits per heavy atom. The van der Waals surface area contributed by atoms with Crippen LogP contribution in [-0.2, 0) is 10.0 Å². The summed E-state index contributed by atoms with van der Waals surface area (Å²) in [6.45, 7) is 1.17. The number of benzene rings is 3. The van der Waals surface area contributed by atoms with Crippen molar-refractivity contribution in [2.45, 2.75) is 11.0 Å². The number of hydrogen-bond acceptors (Lipinski definition) is 8. The van der Waals surface area contributed by atoms with E-state index in [4.69, 9.17) is 14.2 Å². The molecule has 4 rings (SSSR count). The van der Waals surface area contributed by atoms with Crippen LogP contribution in [-0.4, -0.2) is 57.6 Å². The van der Waals surface area contributed by atoms with E-state index in [-0.39, 0.29) is 11.4 Å². The van der Waals surface area contributed by atoms with Gasteiger partial charge in [0.15, 0.2) is 0 Å². The van der Waals surface area contributed by atoms with Gasteiger partial charge in [0.1, 0.15) is 18.1 Å². The molecule has 1 aromatic heterocycles. The summed E-state index contributed by atoms with van der Waals surface area (Å²) in [5, 5.41) is 21.6. The molecule has 36 heavy (non-hydrogen) atoms. The number of rotatable bonds is 12. The number of methoxy groups -OCH3 is 2. The van der Waals surface area contributed by atoms with E-state index >= 15 is 0 Å². The average Bonchev–Trinajstić information content (AvgIpc) is 3.30. The van der Waals surface area contributed by atoms with Gasteiger partial charge in [0.05, 0.1) is 36.1 Å². The van der Waals surface area contributed by atoms with Gasteiger partial charge in [-0.3, -0.25) is 9.82 Å². The number of aromatic nitrogens is 2. The highest BCUT2D eigenvalue weighted by molar-refractivity contribution is 7.92. The number of aliphatic hydroxyl groups is 1. The SMILES string of the molecule is COc1cccc(S(=O)(=O)Nc2cccc(C(O)CNCCOc3ccc4c(OC)n[nH]c4c3)c2)c1. The van der Waals surface area contributed by atoms with E-state index in [1.54, 1.807) is 43.5 Å². The van der Waals surface area contributed by atoms with Crippen molar-refractivity contribution < 1.29 is 27.7 Å². The minimum Gasteiger partial charge on any atom is -0.497 e. The smallest absolute Gasteiger partial charge is 0.262 e. The fourth-order valence-corrected chi connectivity index (χ4v) is 4.69. The second-order valence-electron chi connectivity index (χ2n) is 7.92. The number of nitrogens with zero attached hydrogens (tertiary/aromatic N) is 1. The normalized spacial score (nSPS) is 12.3. The first kappa shape index (κ1) is 25.3. The highest BCUT2D eigenvalue weighted by Gasteiger charge is 2.16. The summed E-state index contributed by atoms with van der Waals surface area (Å²) in [6, 6.07) is 18.4. The van der Waals surface area contributed by atoms with Gasteiger partial charge in [-0.05, 0) is 42.0 Å². The molecule has 0 bridgehead atoms. The van der Waals surface area contributed by atoms with E-state index in [0.717, 1.165) is 10.9 Å². The number of ether oxygens (including phenoxy) is 3. The zero-order valence-electron chi connectivity index (χ0n) is 19.9. The van der Waals surface area contributed by atoms with Gasteiger partial charge in [0.25, 0.3) is 10.0 Å². The molecule has 4 aromatic rings. The van der Waals surface area contributed by atoms with Gasteiger partial charge in [0.2, 0.25) is 5.88 Å². The van der Waals surface area contributed by atoms with Crippen LogP contribution in [0.25, 0.3) is 10.9 Å². The van der Waals surface area contributed by atoms with Crippen LogP contribution in [0.4, 0.5) is 5.69 Å². The van der Waals surface area contributed by atoms with Crippen LogP contribution in [0, 0.1) is 0 Å². The lowest BCUT2D eigenvalue weighted by Gasteiger charge is -2.15. The quantitative estimate of drug-likeness (QED) is 0.213. The molecule has 0 fully saturated rings. The molecular weight excluding hydrogens is 484 g/mol. The molecule has 0 aliphatic heterocycles. The van der Waals surface area contributed by atoms with Gasteiger partial charge in [-0.2, -0.15) is 0 Å². The number of sulfonamides is 1. The van der Waals surface area contributed by atoms with Gasteiger partial charge in [0, 0.05) is 30.9 Å². The highest BCUT2D eigenvalue weighted by Crippen LogP contribution is 2.26. The van der Waals surface area contributed by atoms with Crippen molar-refractivity contribution in [3.05, 3.63) is 72.3 Å². The lowest BCUT2D eigenvalue weighted by atomic mass is 10.1. The topological polar surface area (TPSA) is 135 Å². The third-order valence-corrected chi connectivity index (χ3v) is 6.83. The van der Waals surface area contributed by atoms with Gasteiger partial charge >= 0.3 is 0 Å². The van der Waals surface area contributed by atoms with Crippen LogP contribution in [0.2, 0.25) is 0 Å². The second kappa shape index (κ2) is 11.3. The number of hydrogen-bond donors (Lipinski definition) is 4. The first-order valence-corrected chi connectivity index (χ1v) is 12.7. The standard InChI is InChI=1S/C25H28N4O6S/c1-33-19-7-4-8-21(14-19)36(31,32)29-18-6-3-5-17(13-18)24(30)16-26-11-12-35-20-9-10-22-23(15-20)27-28-25(22)34-2/h3-10,13-15,24,26,29-30H,11-12,16H2,1-2H3,(H,27,28). The van der Waals surface area contributed by atoms with Crippen molar-refractivity contribution in [2.24, 2.45) is 0 Å². The van der Waals surface area contributed by atoms with Gasteiger partial charge < -0.3 is 24.6 Å². The highest BCUT2D eigenvalue weighted by atomic mass is 32.2. The molecule has 10 nitrogen and oxygen atoms in total. The summed E-state index contributed by atoms with van der Waals surface area (Å²) in [6.07, 6.45) is -0.833. The van der Waals surface area contributed by atoms with Crippen LogP contribution < -0.4 is 24.2 Å². The minimum absolute atomic E-state index is 0.0836. The average molecular weight is 513 g/mol. The largest absolute Gasteiger partial charge is 0.497 e. The zero-order valence-corrected chi connectivity index (χ0v) is 20.7. The van der Waals surface area contributed by atoms with E-state index in [1.807, 2.05) is 18.2 Å². The summed E-state index contributed by atoms with van der Waals surface area (Å²) in [5.74, 6) is 1.66. The first-order chi connectivity index (χ1) is 17.4. The lowest BCUT2D eigenvalue weighted by Crippen LogP contribution is -2.26. The molecule has 0 aliphatic rings. The molecule has 1 heterocycles. The van der Waals surface area contributed by atoms with Crippen LogP contribution in [0.3, 0.4) is 0 Å². The van der Waals surface area contributed by atoms with E-state index in [1.165, 1.54) is 19.2 Å². The van der Waals surface area contributed by atoms with E-state index in [2.05, 4.69) is 20.2 Å². The van der Waals surface area contributed by atoms with Crippen LogP contribution in [0.5, 0.6) is 17.4 Å². The molecule has 1 atom stereocenters. The summed E-state index contributed by atoms with van der Waals surface area (Å²) >= 11 is 0. The van der Waals surface area contributed by atoms with Crippen molar-refractivity contribution in [1.29, 1.82) is 0 Å². The van der Waals surface area contributed by atoms with Crippen molar-refractivity contribution in [2.75, 3.05) is 38.6 Å². The fraction of sp³-hybridized carbons (Fsp3) is 0.240. The number of anilines is 1. The summed E-state index contributed by atoms with van der Waals surface area (Å²) in [7, 11) is -0.769. The van der Waals surface area contributed by atoms with Crippen LogP contribution in [0.1, 0.15) is 11.7 Å². The molecule has 0 aliphatic carbocycles. The summed E-state index contributed by atoms with van der Waals surface area (Å²) in [4.78, 5) is 0.0836. The number of H-pyrrole nitrogens is 1. The Bertz CT molecular complexity index is 1420. The fourth-order valence-electron chi connectivity index (χ4n) is 3.61. The molecule has 1 unspecified atom stereocenters. The van der Waals surface area contributed by atoms with Gasteiger partial charge in [-0.1, -0.05) is 18.2 Å². The van der Waals surface area contributed by atoms with Crippen molar-refractivity contribution in [1.82, 2.24) is 15.5 Å². The molecule has 0 amide bonds. The Labute approximate surface area is 209 Å². The van der Waals surface area contributed by atoms with Gasteiger partial charge in [-0.25, -0.2) is 8.42 Å². The number of aliphatic hydroxyl groups excluding tert-OH is 1. The third kappa shape index (κ3) is 6.06. The van der Waals surface area contributed by atoms with Gasteiger partial charge in [-0.15, -0.1) is 5.10 Å². The maximum absolute atomic E-state index is 12.7. The number of fused-ring (bicyclic) bond motifs is 1.